The van der Waals surface area contributed by atoms with E-state index in [0.29, 0.717) is 34.8 Å². The number of halogens is 1. The van der Waals surface area contributed by atoms with Gasteiger partial charge < -0.3 is 10.1 Å². The minimum absolute atomic E-state index is 0.572. The zero-order chi connectivity index (χ0) is 20.9. The van der Waals surface area contributed by atoms with E-state index in [1.54, 1.807) is 37.0 Å². The standard InChI is InChI=1S/C23H18ClN5OS/c1-30-17-6-5-12(9-15(17)24)10-27-22-19-18-13-3-2-4-14(13)20(18)31-23(19)29-21(28-22)16-11-25-7-8-26-16/h3,5-9,11,14H,2,4,10H2,1H3,(H,27,28,29). The molecule has 2 aliphatic carbocycles. The highest BCUT2D eigenvalue weighted by molar-refractivity contribution is 7.19. The molecule has 3 aromatic heterocycles. The molecule has 0 radical (unpaired) electrons. The monoisotopic (exact) mass is 447 g/mol. The number of thiophene rings is 1. The minimum Gasteiger partial charge on any atom is -0.495 e. The highest BCUT2D eigenvalue weighted by atomic mass is 35.5. The molecule has 0 saturated heterocycles. The van der Waals surface area contributed by atoms with E-state index in [2.05, 4.69) is 21.4 Å². The topological polar surface area (TPSA) is 72.8 Å². The van der Waals surface area contributed by atoms with E-state index in [0.717, 1.165) is 28.0 Å². The zero-order valence-corrected chi connectivity index (χ0v) is 18.3. The molecule has 0 aliphatic heterocycles. The first kappa shape index (κ1) is 18.7. The second kappa shape index (κ2) is 7.28. The highest BCUT2D eigenvalue weighted by Gasteiger charge is 2.39. The molecule has 31 heavy (non-hydrogen) atoms. The van der Waals surface area contributed by atoms with Crippen LogP contribution in [-0.4, -0.2) is 27.0 Å². The predicted octanol–water partition coefficient (Wildman–Crippen LogP) is 5.70. The van der Waals surface area contributed by atoms with Crippen molar-refractivity contribution in [1.29, 1.82) is 0 Å². The number of ether oxygens (including phenoxy) is 1. The molecule has 2 aliphatic rings. The van der Waals surface area contributed by atoms with Crippen molar-refractivity contribution in [3.8, 4) is 17.3 Å². The Hall–Kier alpha value is -3.03. The van der Waals surface area contributed by atoms with Crippen LogP contribution in [0.2, 0.25) is 5.02 Å². The van der Waals surface area contributed by atoms with Gasteiger partial charge in [-0.3, -0.25) is 4.98 Å². The third-order valence-corrected chi connectivity index (χ3v) is 7.34. The molecule has 1 N–H and O–H groups in total. The first-order valence-electron chi connectivity index (χ1n) is 10.1. The van der Waals surface area contributed by atoms with Crippen LogP contribution in [0.4, 0.5) is 5.82 Å². The van der Waals surface area contributed by atoms with Gasteiger partial charge >= 0.3 is 0 Å². The summed E-state index contributed by atoms with van der Waals surface area (Å²) in [5, 5.41) is 5.23. The van der Waals surface area contributed by atoms with E-state index in [1.807, 2.05) is 18.2 Å². The number of rotatable bonds is 5. The lowest BCUT2D eigenvalue weighted by Crippen LogP contribution is -2.10. The van der Waals surface area contributed by atoms with Gasteiger partial charge in [0.15, 0.2) is 5.82 Å². The fraction of sp³-hybridized carbons (Fsp3) is 0.217. The van der Waals surface area contributed by atoms with E-state index in [-0.39, 0.29) is 0 Å². The smallest absolute Gasteiger partial charge is 0.183 e. The summed E-state index contributed by atoms with van der Waals surface area (Å²) in [7, 11) is 1.61. The van der Waals surface area contributed by atoms with Crippen molar-refractivity contribution < 1.29 is 4.74 Å². The average molecular weight is 448 g/mol. The Morgan fingerprint density at radius 3 is 3.00 bits per heavy atom. The van der Waals surface area contributed by atoms with E-state index in [9.17, 15) is 0 Å². The molecule has 0 spiro atoms. The Morgan fingerprint density at radius 2 is 2.19 bits per heavy atom. The van der Waals surface area contributed by atoms with Crippen LogP contribution in [0.5, 0.6) is 5.75 Å². The summed E-state index contributed by atoms with van der Waals surface area (Å²) >= 11 is 8.09. The van der Waals surface area contributed by atoms with E-state index < -0.39 is 0 Å². The first-order valence-corrected chi connectivity index (χ1v) is 11.3. The molecule has 1 aromatic carbocycles. The number of anilines is 1. The Labute approximate surface area is 188 Å². The molecule has 0 bridgehead atoms. The van der Waals surface area contributed by atoms with Crippen LogP contribution < -0.4 is 10.1 Å². The Balaban J connectivity index is 1.44. The lowest BCUT2D eigenvalue weighted by molar-refractivity contribution is 0.415. The Morgan fingerprint density at radius 1 is 1.26 bits per heavy atom. The van der Waals surface area contributed by atoms with Crippen molar-refractivity contribution in [2.75, 3.05) is 12.4 Å². The number of benzene rings is 1. The molecule has 8 heteroatoms. The normalized spacial score (nSPS) is 16.5. The molecule has 4 aromatic rings. The van der Waals surface area contributed by atoms with Gasteiger partial charge in [-0.15, -0.1) is 11.3 Å². The molecule has 6 rings (SSSR count). The summed E-state index contributed by atoms with van der Waals surface area (Å²) in [6.07, 6.45) is 9.72. The average Bonchev–Trinajstić information content (AvgIpc) is 3.35. The van der Waals surface area contributed by atoms with Crippen LogP contribution in [0.1, 0.15) is 34.8 Å². The van der Waals surface area contributed by atoms with Crippen LogP contribution in [0.3, 0.4) is 0 Å². The fourth-order valence-electron chi connectivity index (χ4n) is 4.39. The third kappa shape index (κ3) is 2.99. The molecular formula is C23H18ClN5OS. The SMILES string of the molecule is COc1ccc(CNc2nc(-c3cnccn3)nc3sc4c(c23)C2=CCCC24)cc1Cl. The molecule has 1 unspecified atom stereocenters. The highest BCUT2D eigenvalue weighted by Crippen LogP contribution is 2.59. The van der Waals surface area contributed by atoms with Crippen LogP contribution >= 0.6 is 22.9 Å². The summed E-state index contributed by atoms with van der Waals surface area (Å²) in [4.78, 5) is 20.7. The second-order valence-electron chi connectivity index (χ2n) is 7.62. The van der Waals surface area contributed by atoms with Gasteiger partial charge in [0.05, 0.1) is 23.7 Å². The van der Waals surface area contributed by atoms with Gasteiger partial charge in [-0.2, -0.15) is 0 Å². The van der Waals surface area contributed by atoms with Crippen molar-refractivity contribution in [2.24, 2.45) is 0 Å². The van der Waals surface area contributed by atoms with Crippen LogP contribution in [0, 0.1) is 0 Å². The Kier molecular flexibility index (Phi) is 4.40. The maximum Gasteiger partial charge on any atom is 0.183 e. The molecule has 3 heterocycles. The number of hydrogen-bond acceptors (Lipinski definition) is 7. The quantitative estimate of drug-likeness (QED) is 0.423. The molecule has 0 fully saturated rings. The van der Waals surface area contributed by atoms with Crippen molar-refractivity contribution in [3.05, 3.63) is 63.9 Å². The predicted molar refractivity (Wildman–Crippen MR) is 124 cm³/mol. The summed E-state index contributed by atoms with van der Waals surface area (Å²) in [6, 6.07) is 5.79. The molecule has 0 amide bonds. The number of allylic oxidation sites excluding steroid dienone is 2. The van der Waals surface area contributed by atoms with Gasteiger partial charge in [-0.1, -0.05) is 23.7 Å². The zero-order valence-electron chi connectivity index (χ0n) is 16.7. The van der Waals surface area contributed by atoms with Gasteiger partial charge in [-0.05, 0) is 36.1 Å². The van der Waals surface area contributed by atoms with Crippen molar-refractivity contribution >= 4 is 44.5 Å². The Bertz CT molecular complexity index is 1350. The van der Waals surface area contributed by atoms with Gasteiger partial charge in [0.1, 0.15) is 22.1 Å². The van der Waals surface area contributed by atoms with Gasteiger partial charge in [0.2, 0.25) is 0 Å². The molecule has 0 saturated carbocycles. The van der Waals surface area contributed by atoms with E-state index >= 15 is 0 Å². The number of hydrogen-bond donors (Lipinski definition) is 1. The van der Waals surface area contributed by atoms with Crippen molar-refractivity contribution in [3.63, 3.8) is 0 Å². The lowest BCUT2D eigenvalue weighted by Gasteiger charge is -2.26. The first-order chi connectivity index (χ1) is 15.2. The summed E-state index contributed by atoms with van der Waals surface area (Å²) < 4.78 is 5.26. The van der Waals surface area contributed by atoms with Crippen LogP contribution in [0.25, 0.3) is 27.3 Å². The number of nitrogens with one attached hydrogen (secondary N) is 1. The molecule has 1 atom stereocenters. The van der Waals surface area contributed by atoms with Crippen LogP contribution in [0.15, 0.2) is 42.9 Å². The minimum atomic E-state index is 0.572. The fourth-order valence-corrected chi connectivity index (χ4v) is 6.02. The summed E-state index contributed by atoms with van der Waals surface area (Å²) in [5.74, 6) is 2.64. The van der Waals surface area contributed by atoms with Crippen molar-refractivity contribution in [1.82, 2.24) is 19.9 Å². The third-order valence-electron chi connectivity index (χ3n) is 5.85. The van der Waals surface area contributed by atoms with Gasteiger partial charge in [-0.25, -0.2) is 15.0 Å². The number of aromatic nitrogens is 4. The summed E-state index contributed by atoms with van der Waals surface area (Å²) in [5.41, 5.74) is 4.48. The maximum absolute atomic E-state index is 6.31. The largest absolute Gasteiger partial charge is 0.495 e. The van der Waals surface area contributed by atoms with E-state index in [4.69, 9.17) is 26.3 Å². The number of methoxy groups -OCH3 is 1. The molecule has 154 valence electrons. The number of fused-ring (bicyclic) bond motifs is 6. The van der Waals surface area contributed by atoms with Crippen molar-refractivity contribution in [2.45, 2.75) is 25.3 Å². The maximum atomic E-state index is 6.31. The van der Waals surface area contributed by atoms with E-state index in [1.165, 1.54) is 22.4 Å². The second-order valence-corrected chi connectivity index (χ2v) is 9.06. The summed E-state index contributed by atoms with van der Waals surface area (Å²) in [6.45, 7) is 0.586. The number of nitrogens with zero attached hydrogens (tertiary/aromatic N) is 4. The molecular weight excluding hydrogens is 430 g/mol. The van der Waals surface area contributed by atoms with Gasteiger partial charge in [0.25, 0.3) is 0 Å². The lowest BCUT2D eigenvalue weighted by atomic mass is 9.80. The molecule has 6 nitrogen and oxygen atoms in total. The van der Waals surface area contributed by atoms with Gasteiger partial charge in [0, 0.05) is 35.3 Å². The van der Waals surface area contributed by atoms with Crippen LogP contribution in [-0.2, 0) is 6.54 Å².